The normalized spacial score (nSPS) is 12.9. The number of amides is 1. The highest BCUT2D eigenvalue weighted by atomic mass is 19.4. The number of rotatable bonds is 6. The molecule has 1 aliphatic rings. The number of carbonyl (C=O) groups is 1. The summed E-state index contributed by atoms with van der Waals surface area (Å²) in [6.45, 7) is 0.412. The average Bonchev–Trinajstić information content (AvgIpc) is 3.25. The Morgan fingerprint density at radius 3 is 2.70 bits per heavy atom. The predicted molar refractivity (Wildman–Crippen MR) is 116 cm³/mol. The van der Waals surface area contributed by atoms with Crippen molar-refractivity contribution in [2.24, 2.45) is 0 Å². The van der Waals surface area contributed by atoms with E-state index in [0.29, 0.717) is 23.6 Å². The van der Waals surface area contributed by atoms with Crippen molar-refractivity contribution in [3.63, 3.8) is 0 Å². The number of pyridine rings is 1. The fourth-order valence-corrected chi connectivity index (χ4v) is 3.98. The molecule has 2 N–H and O–H groups in total. The number of aliphatic hydroxyl groups excluding tert-OH is 1. The molecular weight excluding hydrogens is 438 g/mol. The average molecular weight is 459 g/mol. The van der Waals surface area contributed by atoms with Crippen molar-refractivity contribution in [1.29, 1.82) is 0 Å². The van der Waals surface area contributed by atoms with Crippen LogP contribution in [0.2, 0.25) is 0 Å². The van der Waals surface area contributed by atoms with E-state index in [0.717, 1.165) is 29.9 Å². The Morgan fingerprint density at radius 1 is 1.12 bits per heavy atom. The summed E-state index contributed by atoms with van der Waals surface area (Å²) < 4.78 is 52.9. The molecule has 1 aliphatic heterocycles. The number of aromatic nitrogens is 1. The third kappa shape index (κ3) is 4.98. The van der Waals surface area contributed by atoms with Crippen molar-refractivity contribution < 1.29 is 27.5 Å². The van der Waals surface area contributed by atoms with Crippen LogP contribution in [0.3, 0.4) is 0 Å². The van der Waals surface area contributed by atoms with Gasteiger partial charge in [0.1, 0.15) is 11.6 Å². The number of anilines is 2. The Morgan fingerprint density at radius 2 is 1.94 bits per heavy atom. The van der Waals surface area contributed by atoms with E-state index in [1.807, 2.05) is 6.07 Å². The van der Waals surface area contributed by atoms with Crippen molar-refractivity contribution in [2.75, 3.05) is 29.9 Å². The second kappa shape index (κ2) is 9.19. The molecule has 4 rings (SSSR count). The molecule has 1 aromatic heterocycles. The Hall–Kier alpha value is -3.46. The second-order valence-corrected chi connectivity index (χ2v) is 7.73. The highest BCUT2D eigenvalue weighted by molar-refractivity contribution is 6.07. The Labute approximate surface area is 187 Å². The van der Waals surface area contributed by atoms with E-state index in [2.05, 4.69) is 10.3 Å². The highest BCUT2D eigenvalue weighted by Crippen LogP contribution is 2.31. The highest BCUT2D eigenvalue weighted by Gasteiger charge is 2.31. The number of aliphatic hydroxyl groups is 1. The fourth-order valence-electron chi connectivity index (χ4n) is 3.98. The largest absolute Gasteiger partial charge is 0.416 e. The first-order chi connectivity index (χ1) is 15.8. The van der Waals surface area contributed by atoms with Gasteiger partial charge in [0.15, 0.2) is 0 Å². The summed E-state index contributed by atoms with van der Waals surface area (Å²) in [5.41, 5.74) is 1.91. The first-order valence-corrected chi connectivity index (χ1v) is 10.4. The van der Waals surface area contributed by atoms with E-state index in [-0.39, 0.29) is 36.9 Å². The van der Waals surface area contributed by atoms with Gasteiger partial charge in [-0.3, -0.25) is 9.69 Å². The molecule has 0 saturated heterocycles. The minimum Gasteiger partial charge on any atom is -0.395 e. The summed E-state index contributed by atoms with van der Waals surface area (Å²) in [5.74, 6) is -1.06. The van der Waals surface area contributed by atoms with Crippen molar-refractivity contribution in [1.82, 2.24) is 4.98 Å². The molecule has 2 aromatic carbocycles. The lowest BCUT2D eigenvalue weighted by atomic mass is 10.0. The van der Waals surface area contributed by atoms with Gasteiger partial charge in [0.05, 0.1) is 18.7 Å². The maximum absolute atomic E-state index is 13.8. The van der Waals surface area contributed by atoms with Crippen LogP contribution in [0.1, 0.15) is 32.6 Å². The zero-order valence-electron chi connectivity index (χ0n) is 17.5. The monoisotopic (exact) mass is 459 g/mol. The van der Waals surface area contributed by atoms with E-state index in [1.54, 1.807) is 24.3 Å². The van der Waals surface area contributed by atoms with Crippen LogP contribution in [0.4, 0.5) is 29.1 Å². The molecule has 0 unspecified atom stereocenters. The van der Waals surface area contributed by atoms with Gasteiger partial charge in [-0.2, -0.15) is 13.2 Å². The van der Waals surface area contributed by atoms with Gasteiger partial charge >= 0.3 is 6.18 Å². The standard InChI is InChI=1S/C24H21F4N3O2/c25-18-12-16(11-17(14-18)24(26,27)28)10-15-4-6-30-22(13-15)31(8-9-32)23(33)20-2-1-3-21-19(20)5-7-29-21/h1-4,6,11-14,29,32H,5,7-10H2. The first kappa shape index (κ1) is 22.7. The summed E-state index contributed by atoms with van der Waals surface area (Å²) >= 11 is 0. The summed E-state index contributed by atoms with van der Waals surface area (Å²) in [6.07, 6.45) is -2.51. The molecule has 1 amide bonds. The Bertz CT molecular complexity index is 1180. The van der Waals surface area contributed by atoms with Crippen LogP contribution >= 0.6 is 0 Å². The number of alkyl halides is 3. The molecule has 0 atom stereocenters. The van der Waals surface area contributed by atoms with Crippen LogP contribution in [-0.4, -0.2) is 35.7 Å². The minimum atomic E-state index is -4.66. The first-order valence-electron chi connectivity index (χ1n) is 10.4. The van der Waals surface area contributed by atoms with E-state index in [1.165, 1.54) is 11.1 Å². The van der Waals surface area contributed by atoms with Crippen molar-refractivity contribution >= 4 is 17.4 Å². The molecule has 9 heteroatoms. The van der Waals surface area contributed by atoms with Crippen LogP contribution in [0.25, 0.3) is 0 Å². The SMILES string of the molecule is O=C(c1cccc2c1CCN2)N(CCO)c1cc(Cc2cc(F)cc(C(F)(F)F)c2)ccn1. The predicted octanol–water partition coefficient (Wildman–Crippen LogP) is 4.44. The van der Waals surface area contributed by atoms with Gasteiger partial charge in [-0.25, -0.2) is 9.37 Å². The molecule has 0 radical (unpaired) electrons. The molecule has 3 aromatic rings. The van der Waals surface area contributed by atoms with E-state index in [9.17, 15) is 27.5 Å². The van der Waals surface area contributed by atoms with E-state index < -0.39 is 17.6 Å². The molecule has 0 saturated carbocycles. The van der Waals surface area contributed by atoms with Crippen LogP contribution in [0, 0.1) is 5.82 Å². The van der Waals surface area contributed by atoms with Gasteiger partial charge in [-0.05, 0) is 72.0 Å². The number of nitrogens with zero attached hydrogens (tertiary/aromatic N) is 2. The summed E-state index contributed by atoms with van der Waals surface area (Å²) in [6, 6.07) is 10.9. The van der Waals surface area contributed by atoms with Gasteiger partial charge in [0.2, 0.25) is 0 Å². The number of hydrogen-bond donors (Lipinski definition) is 2. The molecular formula is C24H21F4N3O2. The number of carbonyl (C=O) groups excluding carboxylic acids is 1. The molecule has 5 nitrogen and oxygen atoms in total. The molecule has 0 fully saturated rings. The number of benzene rings is 2. The maximum atomic E-state index is 13.8. The Balaban J connectivity index is 1.64. The lowest BCUT2D eigenvalue weighted by Crippen LogP contribution is -2.34. The van der Waals surface area contributed by atoms with Crippen LogP contribution in [0.15, 0.2) is 54.7 Å². The van der Waals surface area contributed by atoms with Gasteiger partial charge in [-0.1, -0.05) is 6.07 Å². The molecule has 0 aliphatic carbocycles. The van der Waals surface area contributed by atoms with Gasteiger partial charge in [0, 0.05) is 24.0 Å². The number of nitrogens with one attached hydrogen (secondary N) is 1. The van der Waals surface area contributed by atoms with Crippen LogP contribution < -0.4 is 10.2 Å². The van der Waals surface area contributed by atoms with Crippen molar-refractivity contribution in [3.8, 4) is 0 Å². The molecule has 0 bridgehead atoms. The zero-order chi connectivity index (χ0) is 23.6. The van der Waals surface area contributed by atoms with E-state index >= 15 is 0 Å². The lowest BCUT2D eigenvalue weighted by Gasteiger charge is -2.22. The quantitative estimate of drug-likeness (QED) is 0.535. The summed E-state index contributed by atoms with van der Waals surface area (Å²) in [7, 11) is 0. The van der Waals surface area contributed by atoms with Crippen molar-refractivity contribution in [3.05, 3.63) is 88.4 Å². The molecule has 172 valence electrons. The number of fused-ring (bicyclic) bond motifs is 1. The summed E-state index contributed by atoms with van der Waals surface area (Å²) in [5, 5.41) is 12.8. The van der Waals surface area contributed by atoms with Crippen molar-refractivity contribution in [2.45, 2.75) is 19.0 Å². The number of halogens is 4. The van der Waals surface area contributed by atoms with Gasteiger partial charge in [0.25, 0.3) is 5.91 Å². The zero-order valence-corrected chi connectivity index (χ0v) is 17.5. The maximum Gasteiger partial charge on any atom is 0.416 e. The van der Waals surface area contributed by atoms with Crippen LogP contribution in [-0.2, 0) is 19.0 Å². The van der Waals surface area contributed by atoms with Gasteiger partial charge in [-0.15, -0.1) is 0 Å². The lowest BCUT2D eigenvalue weighted by molar-refractivity contribution is -0.137. The molecule has 33 heavy (non-hydrogen) atoms. The molecule has 2 heterocycles. The third-order valence-corrected chi connectivity index (χ3v) is 5.45. The molecule has 0 spiro atoms. The number of hydrogen-bond acceptors (Lipinski definition) is 4. The second-order valence-electron chi connectivity index (χ2n) is 7.73. The van der Waals surface area contributed by atoms with Crippen LogP contribution in [0.5, 0.6) is 0 Å². The third-order valence-electron chi connectivity index (χ3n) is 5.45. The fraction of sp³-hybridized carbons (Fsp3) is 0.250. The minimum absolute atomic E-state index is 0.00936. The van der Waals surface area contributed by atoms with Gasteiger partial charge < -0.3 is 10.4 Å². The van der Waals surface area contributed by atoms with E-state index in [4.69, 9.17) is 0 Å². The summed E-state index contributed by atoms with van der Waals surface area (Å²) in [4.78, 5) is 18.9. The Kier molecular flexibility index (Phi) is 6.33. The topological polar surface area (TPSA) is 65.5 Å². The smallest absolute Gasteiger partial charge is 0.395 e.